The van der Waals surface area contributed by atoms with Crippen molar-refractivity contribution in [1.29, 1.82) is 0 Å². The molecule has 112 valence electrons. The van der Waals surface area contributed by atoms with E-state index in [9.17, 15) is 4.79 Å². The predicted octanol–water partition coefficient (Wildman–Crippen LogP) is 2.76. The summed E-state index contributed by atoms with van der Waals surface area (Å²) in [4.78, 5) is 19.5. The molecule has 0 saturated heterocycles. The normalized spacial score (nSPS) is 10.8. The van der Waals surface area contributed by atoms with Crippen molar-refractivity contribution in [2.45, 2.75) is 24.9 Å². The summed E-state index contributed by atoms with van der Waals surface area (Å²) in [6, 6.07) is 7.49. The lowest BCUT2D eigenvalue weighted by atomic mass is 10.1. The highest BCUT2D eigenvalue weighted by Gasteiger charge is 2.09. The molecular weight excluding hydrogens is 306 g/mol. The minimum atomic E-state index is -0.0762. The van der Waals surface area contributed by atoms with Gasteiger partial charge in [0, 0.05) is 28.5 Å². The molecule has 0 aliphatic rings. The lowest BCUT2D eigenvalue weighted by molar-refractivity contribution is 0.861. The Morgan fingerprint density at radius 3 is 2.67 bits per heavy atom. The second-order valence-electron chi connectivity index (χ2n) is 4.73. The van der Waals surface area contributed by atoms with E-state index < -0.39 is 0 Å². The van der Waals surface area contributed by atoms with Gasteiger partial charge in [-0.2, -0.15) is 0 Å². The zero-order valence-electron chi connectivity index (χ0n) is 11.9. The van der Waals surface area contributed by atoms with E-state index >= 15 is 0 Å². The third-order valence-corrected chi connectivity index (χ3v) is 4.29. The maximum absolute atomic E-state index is 12.2. The summed E-state index contributed by atoms with van der Waals surface area (Å²) in [5.41, 5.74) is 7.88. The molecule has 21 heavy (non-hydrogen) atoms. The van der Waals surface area contributed by atoms with Crippen LogP contribution in [-0.4, -0.2) is 22.3 Å². The predicted molar refractivity (Wildman–Crippen MR) is 88.2 cm³/mol. The summed E-state index contributed by atoms with van der Waals surface area (Å²) in [7, 11) is 0. The van der Waals surface area contributed by atoms with E-state index in [0.29, 0.717) is 28.7 Å². The van der Waals surface area contributed by atoms with Gasteiger partial charge < -0.3 is 10.7 Å². The molecule has 0 saturated carbocycles. The molecule has 1 heterocycles. The van der Waals surface area contributed by atoms with Crippen molar-refractivity contribution in [3.8, 4) is 0 Å². The maximum Gasteiger partial charge on any atom is 0.255 e. The van der Waals surface area contributed by atoms with E-state index in [1.54, 1.807) is 0 Å². The fraction of sp³-hybridized carbons (Fsp3) is 0.333. The van der Waals surface area contributed by atoms with E-state index in [1.165, 1.54) is 11.8 Å². The minimum Gasteiger partial charge on any atom is -0.330 e. The van der Waals surface area contributed by atoms with E-state index in [1.807, 2.05) is 31.2 Å². The third kappa shape index (κ3) is 4.59. The SMILES string of the molecule is Cc1nc(SCCCN)[nH]c(=O)c1Cc1ccc(Cl)cc1. The summed E-state index contributed by atoms with van der Waals surface area (Å²) in [6.45, 7) is 2.51. The zero-order valence-corrected chi connectivity index (χ0v) is 13.4. The van der Waals surface area contributed by atoms with Gasteiger partial charge in [0.2, 0.25) is 0 Å². The number of nitrogens with zero attached hydrogens (tertiary/aromatic N) is 1. The van der Waals surface area contributed by atoms with E-state index in [4.69, 9.17) is 17.3 Å². The van der Waals surface area contributed by atoms with Gasteiger partial charge in [0.25, 0.3) is 5.56 Å². The van der Waals surface area contributed by atoms with Crippen LogP contribution in [0, 0.1) is 6.92 Å². The summed E-state index contributed by atoms with van der Waals surface area (Å²) in [6.07, 6.45) is 1.46. The third-order valence-electron chi connectivity index (χ3n) is 3.08. The zero-order chi connectivity index (χ0) is 15.2. The first kappa shape index (κ1) is 16.1. The monoisotopic (exact) mass is 323 g/mol. The van der Waals surface area contributed by atoms with Crippen LogP contribution in [0.4, 0.5) is 0 Å². The smallest absolute Gasteiger partial charge is 0.255 e. The van der Waals surface area contributed by atoms with Gasteiger partial charge in [0.15, 0.2) is 5.16 Å². The summed E-state index contributed by atoms with van der Waals surface area (Å²) in [5.74, 6) is 0.857. The molecule has 0 radical (unpaired) electrons. The molecule has 1 aromatic heterocycles. The quantitative estimate of drug-likeness (QED) is 0.487. The van der Waals surface area contributed by atoms with Gasteiger partial charge in [-0.05, 0) is 37.6 Å². The van der Waals surface area contributed by atoms with Gasteiger partial charge >= 0.3 is 0 Å². The van der Waals surface area contributed by atoms with Crippen LogP contribution < -0.4 is 11.3 Å². The second-order valence-corrected chi connectivity index (χ2v) is 6.25. The lowest BCUT2D eigenvalue weighted by Gasteiger charge is -2.07. The first-order valence-electron chi connectivity index (χ1n) is 6.77. The Bertz CT molecular complexity index is 655. The number of aryl methyl sites for hydroxylation is 1. The summed E-state index contributed by atoms with van der Waals surface area (Å²) in [5, 5.41) is 1.35. The van der Waals surface area contributed by atoms with Crippen LogP contribution >= 0.6 is 23.4 Å². The van der Waals surface area contributed by atoms with Crippen LogP contribution in [0.15, 0.2) is 34.2 Å². The topological polar surface area (TPSA) is 71.8 Å². The number of hydrogen-bond acceptors (Lipinski definition) is 4. The Morgan fingerprint density at radius 2 is 2.05 bits per heavy atom. The van der Waals surface area contributed by atoms with Crippen LogP contribution in [0.5, 0.6) is 0 Å². The molecule has 0 aliphatic carbocycles. The fourth-order valence-corrected chi connectivity index (χ4v) is 2.92. The highest BCUT2D eigenvalue weighted by molar-refractivity contribution is 7.99. The molecule has 4 nitrogen and oxygen atoms in total. The van der Waals surface area contributed by atoms with E-state index in [0.717, 1.165) is 23.4 Å². The van der Waals surface area contributed by atoms with Gasteiger partial charge in [-0.3, -0.25) is 4.79 Å². The lowest BCUT2D eigenvalue weighted by Crippen LogP contribution is -2.17. The average molecular weight is 324 g/mol. The van der Waals surface area contributed by atoms with Gasteiger partial charge in [0.1, 0.15) is 0 Å². The van der Waals surface area contributed by atoms with Crippen molar-refractivity contribution in [2.75, 3.05) is 12.3 Å². The van der Waals surface area contributed by atoms with Crippen molar-refractivity contribution in [2.24, 2.45) is 5.73 Å². The Morgan fingerprint density at radius 1 is 1.33 bits per heavy atom. The number of benzene rings is 1. The molecule has 2 rings (SSSR count). The standard InChI is InChI=1S/C15H18ClN3OS/c1-10-13(9-11-3-5-12(16)6-4-11)14(20)19-15(18-10)21-8-2-7-17/h3-6H,2,7-9,17H2,1H3,(H,18,19,20). The average Bonchev–Trinajstić information content (AvgIpc) is 2.45. The van der Waals surface area contributed by atoms with Gasteiger partial charge in [-0.1, -0.05) is 35.5 Å². The van der Waals surface area contributed by atoms with Crippen LogP contribution in [0.25, 0.3) is 0 Å². The number of aromatic amines is 1. The van der Waals surface area contributed by atoms with Crippen molar-refractivity contribution in [3.63, 3.8) is 0 Å². The Hall–Kier alpha value is -1.30. The van der Waals surface area contributed by atoms with Crippen molar-refractivity contribution in [1.82, 2.24) is 9.97 Å². The molecule has 0 amide bonds. The summed E-state index contributed by atoms with van der Waals surface area (Å²) >= 11 is 7.39. The van der Waals surface area contributed by atoms with Crippen molar-refractivity contribution >= 4 is 23.4 Å². The number of aromatic nitrogens is 2. The number of nitrogens with one attached hydrogen (secondary N) is 1. The van der Waals surface area contributed by atoms with Gasteiger partial charge in [0.05, 0.1) is 0 Å². The number of hydrogen-bond donors (Lipinski definition) is 2. The fourth-order valence-electron chi connectivity index (χ4n) is 1.92. The Labute approximate surface area is 133 Å². The van der Waals surface area contributed by atoms with Crippen LogP contribution in [-0.2, 0) is 6.42 Å². The highest BCUT2D eigenvalue weighted by atomic mass is 35.5. The number of H-pyrrole nitrogens is 1. The molecule has 0 fully saturated rings. The van der Waals surface area contributed by atoms with Gasteiger partial charge in [-0.15, -0.1) is 0 Å². The van der Waals surface area contributed by atoms with Crippen LogP contribution in [0.2, 0.25) is 5.02 Å². The Kier molecular flexibility index (Phi) is 5.85. The van der Waals surface area contributed by atoms with Crippen molar-refractivity contribution < 1.29 is 0 Å². The number of rotatable bonds is 6. The minimum absolute atomic E-state index is 0.0762. The second kappa shape index (κ2) is 7.64. The molecule has 0 aliphatic heterocycles. The Balaban J connectivity index is 2.17. The van der Waals surface area contributed by atoms with Crippen molar-refractivity contribution in [3.05, 3.63) is 56.5 Å². The van der Waals surface area contributed by atoms with E-state index in [-0.39, 0.29) is 5.56 Å². The molecule has 0 atom stereocenters. The van der Waals surface area contributed by atoms with Crippen LogP contribution in [0.3, 0.4) is 0 Å². The number of thioether (sulfide) groups is 1. The maximum atomic E-state index is 12.2. The molecule has 6 heteroatoms. The highest BCUT2D eigenvalue weighted by Crippen LogP contribution is 2.16. The molecular formula is C15H18ClN3OS. The molecule has 3 N–H and O–H groups in total. The molecule has 1 aromatic carbocycles. The largest absolute Gasteiger partial charge is 0.330 e. The number of halogens is 1. The molecule has 0 spiro atoms. The van der Waals surface area contributed by atoms with E-state index in [2.05, 4.69) is 9.97 Å². The summed E-state index contributed by atoms with van der Waals surface area (Å²) < 4.78 is 0. The first-order chi connectivity index (χ1) is 10.1. The molecule has 2 aromatic rings. The molecule has 0 bridgehead atoms. The van der Waals surface area contributed by atoms with Gasteiger partial charge in [-0.25, -0.2) is 4.98 Å². The molecule has 0 unspecified atom stereocenters. The number of nitrogens with two attached hydrogens (primary N) is 1. The van der Waals surface area contributed by atoms with Crippen LogP contribution in [0.1, 0.15) is 23.2 Å². The first-order valence-corrected chi connectivity index (χ1v) is 8.13.